The largest absolute Gasteiger partial charge is 0.508 e. The van der Waals surface area contributed by atoms with Gasteiger partial charge in [-0.2, -0.15) is 0 Å². The van der Waals surface area contributed by atoms with Gasteiger partial charge in [-0.1, -0.05) is 18.2 Å². The Labute approximate surface area is 113 Å². The molecule has 0 aliphatic rings. The Hall–Kier alpha value is -0.840. The van der Waals surface area contributed by atoms with Gasteiger partial charge in [0.25, 0.3) is 0 Å². The zero-order valence-electron chi connectivity index (χ0n) is 9.48. The van der Waals surface area contributed by atoms with E-state index in [4.69, 9.17) is 0 Å². The Kier molecular flexibility index (Phi) is 4.20. The third-order valence-corrected chi connectivity index (χ3v) is 4.48. The molecular weight excluding hydrogens is 298 g/mol. The normalized spacial score (nSPS) is 12.6. The van der Waals surface area contributed by atoms with Gasteiger partial charge >= 0.3 is 0 Å². The molecule has 1 aromatic heterocycles. The van der Waals surface area contributed by atoms with Gasteiger partial charge in [0.05, 0.1) is 0 Å². The van der Waals surface area contributed by atoms with E-state index in [9.17, 15) is 5.11 Å². The fourth-order valence-corrected chi connectivity index (χ4v) is 3.06. The number of nitrogens with one attached hydrogen (secondary N) is 1. The molecule has 1 atom stereocenters. The molecular formula is C13H14BrNOS. The van der Waals surface area contributed by atoms with Gasteiger partial charge in [0.1, 0.15) is 5.75 Å². The van der Waals surface area contributed by atoms with Crippen molar-refractivity contribution in [1.29, 1.82) is 0 Å². The summed E-state index contributed by atoms with van der Waals surface area (Å²) in [6, 6.07) is 9.81. The first-order chi connectivity index (χ1) is 8.16. The Balaban J connectivity index is 1.97. The third-order valence-electron chi connectivity index (χ3n) is 2.60. The van der Waals surface area contributed by atoms with Crippen LogP contribution in [-0.2, 0) is 6.54 Å². The minimum atomic E-state index is 0.283. The fraction of sp³-hybridized carbons (Fsp3) is 0.231. The summed E-state index contributed by atoms with van der Waals surface area (Å²) in [6.45, 7) is 2.79. The average Bonchev–Trinajstić information content (AvgIpc) is 2.74. The Morgan fingerprint density at radius 1 is 1.41 bits per heavy atom. The molecule has 2 aromatic rings. The maximum atomic E-state index is 9.65. The highest BCUT2D eigenvalue weighted by molar-refractivity contribution is 9.10. The number of rotatable bonds is 4. The summed E-state index contributed by atoms with van der Waals surface area (Å²) < 4.78 is 1.12. The van der Waals surface area contributed by atoms with E-state index in [0.717, 1.165) is 10.0 Å². The van der Waals surface area contributed by atoms with Crippen molar-refractivity contribution >= 4 is 27.3 Å². The number of benzene rings is 1. The van der Waals surface area contributed by atoms with Crippen LogP contribution in [-0.4, -0.2) is 5.11 Å². The van der Waals surface area contributed by atoms with E-state index in [0.29, 0.717) is 12.3 Å². The number of halogens is 1. The van der Waals surface area contributed by atoms with Crippen molar-refractivity contribution in [3.05, 3.63) is 50.6 Å². The van der Waals surface area contributed by atoms with Crippen LogP contribution in [0.5, 0.6) is 5.75 Å². The zero-order chi connectivity index (χ0) is 12.3. The summed E-state index contributed by atoms with van der Waals surface area (Å²) in [5.74, 6) is 0.347. The van der Waals surface area contributed by atoms with Gasteiger partial charge in [0, 0.05) is 32.9 Å². The lowest BCUT2D eigenvalue weighted by Gasteiger charge is -2.12. The van der Waals surface area contributed by atoms with Crippen LogP contribution in [0.25, 0.3) is 0 Å². The van der Waals surface area contributed by atoms with Gasteiger partial charge in [0.2, 0.25) is 0 Å². The Morgan fingerprint density at radius 3 is 2.82 bits per heavy atom. The molecule has 0 bridgehead atoms. The molecule has 0 aliphatic heterocycles. The van der Waals surface area contributed by atoms with Gasteiger partial charge in [-0.25, -0.2) is 0 Å². The fourth-order valence-electron chi connectivity index (χ4n) is 1.58. The van der Waals surface area contributed by atoms with E-state index in [2.05, 4.69) is 39.6 Å². The van der Waals surface area contributed by atoms with Crippen molar-refractivity contribution < 1.29 is 5.11 Å². The highest BCUT2D eigenvalue weighted by Crippen LogP contribution is 2.26. The van der Waals surface area contributed by atoms with E-state index in [1.165, 1.54) is 4.88 Å². The maximum Gasteiger partial charge on any atom is 0.120 e. The molecule has 2 N–H and O–H groups in total. The minimum Gasteiger partial charge on any atom is -0.508 e. The topological polar surface area (TPSA) is 32.3 Å². The summed E-state index contributed by atoms with van der Waals surface area (Å²) in [5.41, 5.74) is 0.926. The van der Waals surface area contributed by atoms with Crippen molar-refractivity contribution in [2.75, 3.05) is 0 Å². The quantitative estimate of drug-likeness (QED) is 0.892. The molecule has 1 heterocycles. The van der Waals surface area contributed by atoms with Crippen LogP contribution in [0.2, 0.25) is 0 Å². The number of hydrogen-bond donors (Lipinski definition) is 2. The van der Waals surface area contributed by atoms with Crippen molar-refractivity contribution in [3.63, 3.8) is 0 Å². The monoisotopic (exact) mass is 311 g/mol. The number of phenols is 1. The van der Waals surface area contributed by atoms with Crippen LogP contribution < -0.4 is 5.32 Å². The predicted molar refractivity (Wildman–Crippen MR) is 75.4 cm³/mol. The molecule has 1 unspecified atom stereocenters. The number of para-hydroxylation sites is 1. The first kappa shape index (κ1) is 12.6. The van der Waals surface area contributed by atoms with Crippen molar-refractivity contribution in [3.8, 4) is 5.75 Å². The molecule has 0 amide bonds. The van der Waals surface area contributed by atoms with Crippen LogP contribution in [0.3, 0.4) is 0 Å². The van der Waals surface area contributed by atoms with Crippen LogP contribution in [0.4, 0.5) is 0 Å². The van der Waals surface area contributed by atoms with E-state index < -0.39 is 0 Å². The lowest BCUT2D eigenvalue weighted by Crippen LogP contribution is -2.17. The van der Waals surface area contributed by atoms with Gasteiger partial charge in [0.15, 0.2) is 0 Å². The summed E-state index contributed by atoms with van der Waals surface area (Å²) in [7, 11) is 0. The van der Waals surface area contributed by atoms with E-state index >= 15 is 0 Å². The molecule has 0 aliphatic carbocycles. The highest BCUT2D eigenvalue weighted by atomic mass is 79.9. The molecule has 0 saturated heterocycles. The second-order valence-electron chi connectivity index (χ2n) is 3.90. The Bertz CT molecular complexity index is 498. The predicted octanol–water partition coefficient (Wildman–Crippen LogP) is 4.07. The Morgan fingerprint density at radius 2 is 2.18 bits per heavy atom. The average molecular weight is 312 g/mol. The summed E-state index contributed by atoms with van der Waals surface area (Å²) >= 11 is 5.18. The van der Waals surface area contributed by atoms with Gasteiger partial charge in [-0.05, 0) is 35.0 Å². The van der Waals surface area contributed by atoms with Gasteiger partial charge < -0.3 is 10.4 Å². The lowest BCUT2D eigenvalue weighted by atomic mass is 10.2. The second-order valence-corrected chi connectivity index (χ2v) is 5.76. The van der Waals surface area contributed by atoms with E-state index in [-0.39, 0.29) is 6.04 Å². The van der Waals surface area contributed by atoms with Crippen LogP contribution in [0.1, 0.15) is 23.4 Å². The summed E-state index contributed by atoms with van der Waals surface area (Å²) in [4.78, 5) is 1.28. The number of thiophene rings is 1. The molecule has 2 rings (SSSR count). The molecule has 0 spiro atoms. The molecule has 1 aromatic carbocycles. The van der Waals surface area contributed by atoms with Crippen molar-refractivity contribution in [2.45, 2.75) is 19.5 Å². The highest BCUT2D eigenvalue weighted by Gasteiger charge is 2.08. The first-order valence-electron chi connectivity index (χ1n) is 5.41. The van der Waals surface area contributed by atoms with Crippen molar-refractivity contribution in [1.82, 2.24) is 5.32 Å². The van der Waals surface area contributed by atoms with E-state index in [1.54, 1.807) is 17.4 Å². The summed E-state index contributed by atoms with van der Waals surface area (Å²) in [6.07, 6.45) is 0. The van der Waals surface area contributed by atoms with Gasteiger partial charge in [-0.3, -0.25) is 0 Å². The van der Waals surface area contributed by atoms with Crippen LogP contribution >= 0.6 is 27.3 Å². The molecule has 17 heavy (non-hydrogen) atoms. The number of hydrogen-bond acceptors (Lipinski definition) is 3. The summed E-state index contributed by atoms with van der Waals surface area (Å²) in [5, 5.41) is 15.1. The number of aromatic hydroxyl groups is 1. The minimum absolute atomic E-state index is 0.283. The number of phenolic OH excluding ortho intramolecular Hbond substituents is 1. The van der Waals surface area contributed by atoms with Gasteiger partial charge in [-0.15, -0.1) is 11.3 Å². The lowest BCUT2D eigenvalue weighted by molar-refractivity contribution is 0.461. The smallest absolute Gasteiger partial charge is 0.120 e. The zero-order valence-corrected chi connectivity index (χ0v) is 11.9. The van der Waals surface area contributed by atoms with Crippen LogP contribution in [0, 0.1) is 0 Å². The molecule has 90 valence electrons. The molecule has 2 nitrogen and oxygen atoms in total. The van der Waals surface area contributed by atoms with E-state index in [1.807, 2.05) is 18.2 Å². The first-order valence-corrected chi connectivity index (χ1v) is 7.08. The third kappa shape index (κ3) is 3.31. The maximum absolute atomic E-state index is 9.65. The molecule has 4 heteroatoms. The van der Waals surface area contributed by atoms with Crippen LogP contribution in [0.15, 0.2) is 40.2 Å². The second kappa shape index (κ2) is 5.67. The SMILES string of the molecule is CC(NCc1ccccc1O)c1cc(Br)cs1. The standard InChI is InChI=1S/C13H14BrNOS/c1-9(13-6-11(14)8-17-13)15-7-10-4-2-3-5-12(10)16/h2-6,8-9,15-16H,7H2,1H3. The molecule has 0 radical (unpaired) electrons. The molecule has 0 saturated carbocycles. The molecule has 0 fully saturated rings. The van der Waals surface area contributed by atoms with Crippen molar-refractivity contribution in [2.24, 2.45) is 0 Å².